The topological polar surface area (TPSA) is 66.5 Å². The summed E-state index contributed by atoms with van der Waals surface area (Å²) in [4.78, 5) is 13.0. The van der Waals surface area contributed by atoms with Crippen LogP contribution in [0.3, 0.4) is 0 Å². The first-order valence-corrected chi connectivity index (χ1v) is 12.3. The fourth-order valence-electron chi connectivity index (χ4n) is 4.43. The Morgan fingerprint density at radius 3 is 2.33 bits per heavy atom. The predicted molar refractivity (Wildman–Crippen MR) is 119 cm³/mol. The minimum absolute atomic E-state index is 0.00807. The standard InChI is InChI=1S/C24H30N2O3S/c1-17(2)18-7-10-23(11-8-18)30(28,29)26-14-12-20(13-15-26)24(27)25-22-9-6-19-4-3-5-21(19)16-22/h6-11,16-17,20H,3-5,12-15H2,1-2H3,(H,25,27). The van der Waals surface area contributed by atoms with Crippen LogP contribution in [-0.4, -0.2) is 31.7 Å². The van der Waals surface area contributed by atoms with Crippen molar-refractivity contribution in [1.82, 2.24) is 4.31 Å². The fraction of sp³-hybridized carbons (Fsp3) is 0.458. The summed E-state index contributed by atoms with van der Waals surface area (Å²) in [6.45, 7) is 4.91. The van der Waals surface area contributed by atoms with E-state index in [0.29, 0.717) is 36.7 Å². The third kappa shape index (κ3) is 4.30. The van der Waals surface area contributed by atoms with Crippen molar-refractivity contribution >= 4 is 21.6 Å². The molecule has 1 amide bonds. The van der Waals surface area contributed by atoms with Gasteiger partial charge in [-0.15, -0.1) is 0 Å². The van der Waals surface area contributed by atoms with Crippen LogP contribution in [-0.2, 0) is 27.7 Å². The maximum Gasteiger partial charge on any atom is 0.243 e. The Labute approximate surface area is 179 Å². The van der Waals surface area contributed by atoms with Gasteiger partial charge in [-0.25, -0.2) is 8.42 Å². The third-order valence-corrected chi connectivity index (χ3v) is 8.29. The predicted octanol–water partition coefficient (Wildman–Crippen LogP) is 4.34. The number of hydrogen-bond acceptors (Lipinski definition) is 3. The lowest BCUT2D eigenvalue weighted by Gasteiger charge is -2.30. The summed E-state index contributed by atoms with van der Waals surface area (Å²) in [7, 11) is -3.52. The number of carbonyl (C=O) groups is 1. The molecular weight excluding hydrogens is 396 g/mol. The van der Waals surface area contributed by atoms with Crippen molar-refractivity contribution in [3.63, 3.8) is 0 Å². The molecule has 2 aliphatic rings. The summed E-state index contributed by atoms with van der Waals surface area (Å²) in [6, 6.07) is 13.3. The van der Waals surface area contributed by atoms with E-state index in [4.69, 9.17) is 0 Å². The Kier molecular flexibility index (Phi) is 5.98. The van der Waals surface area contributed by atoms with Gasteiger partial charge in [-0.2, -0.15) is 4.31 Å². The monoisotopic (exact) mass is 426 g/mol. The molecule has 0 saturated carbocycles. The molecule has 0 unspecified atom stereocenters. The highest BCUT2D eigenvalue weighted by Gasteiger charge is 2.32. The Balaban J connectivity index is 1.36. The first-order valence-electron chi connectivity index (χ1n) is 10.9. The zero-order valence-corrected chi connectivity index (χ0v) is 18.5. The minimum atomic E-state index is -3.52. The van der Waals surface area contributed by atoms with Crippen LogP contribution >= 0.6 is 0 Å². The first kappa shape index (κ1) is 21.1. The van der Waals surface area contributed by atoms with Crippen LogP contribution in [0.15, 0.2) is 47.4 Å². The molecule has 1 N–H and O–H groups in total. The number of sulfonamides is 1. The molecule has 5 nitrogen and oxygen atoms in total. The number of nitrogens with one attached hydrogen (secondary N) is 1. The van der Waals surface area contributed by atoms with E-state index in [9.17, 15) is 13.2 Å². The lowest BCUT2D eigenvalue weighted by atomic mass is 9.97. The molecule has 0 atom stereocenters. The summed E-state index contributed by atoms with van der Waals surface area (Å²) >= 11 is 0. The zero-order chi connectivity index (χ0) is 21.3. The van der Waals surface area contributed by atoms with Crippen LogP contribution in [0.25, 0.3) is 0 Å². The Bertz CT molecular complexity index is 1020. The fourth-order valence-corrected chi connectivity index (χ4v) is 5.90. The van der Waals surface area contributed by atoms with Gasteiger partial charge in [0.15, 0.2) is 0 Å². The van der Waals surface area contributed by atoms with Gasteiger partial charge in [0.1, 0.15) is 0 Å². The molecule has 0 bridgehead atoms. The minimum Gasteiger partial charge on any atom is -0.326 e. The third-order valence-electron chi connectivity index (χ3n) is 6.38. The number of benzene rings is 2. The second kappa shape index (κ2) is 8.52. The van der Waals surface area contributed by atoms with Gasteiger partial charge in [-0.3, -0.25) is 4.79 Å². The van der Waals surface area contributed by atoms with Gasteiger partial charge in [-0.1, -0.05) is 32.0 Å². The number of piperidine rings is 1. The van der Waals surface area contributed by atoms with E-state index in [2.05, 4.69) is 31.3 Å². The number of aryl methyl sites for hydroxylation is 2. The number of amides is 1. The first-order chi connectivity index (χ1) is 14.3. The van der Waals surface area contributed by atoms with Crippen LogP contribution in [0.5, 0.6) is 0 Å². The second-order valence-corrected chi connectivity index (χ2v) is 10.7. The van der Waals surface area contributed by atoms with E-state index < -0.39 is 10.0 Å². The molecule has 1 heterocycles. The maximum absolute atomic E-state index is 13.0. The number of hydrogen-bond donors (Lipinski definition) is 1. The Morgan fingerprint density at radius 2 is 1.67 bits per heavy atom. The number of nitrogens with zero attached hydrogens (tertiary/aromatic N) is 1. The molecule has 1 aliphatic carbocycles. The van der Waals surface area contributed by atoms with Crippen LogP contribution in [0, 0.1) is 5.92 Å². The molecule has 0 spiro atoms. The summed E-state index contributed by atoms with van der Waals surface area (Å²) in [5, 5.41) is 3.04. The molecule has 6 heteroatoms. The summed E-state index contributed by atoms with van der Waals surface area (Å²) in [6.07, 6.45) is 4.46. The van der Waals surface area contributed by atoms with E-state index >= 15 is 0 Å². The maximum atomic E-state index is 13.0. The highest BCUT2D eigenvalue weighted by molar-refractivity contribution is 7.89. The smallest absolute Gasteiger partial charge is 0.243 e. The van der Waals surface area contributed by atoms with Crippen LogP contribution < -0.4 is 5.32 Å². The lowest BCUT2D eigenvalue weighted by molar-refractivity contribution is -0.120. The van der Waals surface area contributed by atoms with E-state index in [-0.39, 0.29) is 11.8 Å². The van der Waals surface area contributed by atoms with Gasteiger partial charge in [0.2, 0.25) is 15.9 Å². The van der Waals surface area contributed by atoms with E-state index in [1.54, 1.807) is 12.1 Å². The highest BCUT2D eigenvalue weighted by Crippen LogP contribution is 2.28. The van der Waals surface area contributed by atoms with Crippen molar-refractivity contribution in [2.45, 2.75) is 56.8 Å². The zero-order valence-electron chi connectivity index (χ0n) is 17.7. The average molecular weight is 427 g/mol. The number of anilines is 1. The van der Waals surface area contributed by atoms with E-state index in [1.807, 2.05) is 18.2 Å². The van der Waals surface area contributed by atoms with Gasteiger partial charge >= 0.3 is 0 Å². The average Bonchev–Trinajstić information content (AvgIpc) is 3.22. The van der Waals surface area contributed by atoms with Crippen LogP contribution in [0.2, 0.25) is 0 Å². The summed E-state index contributed by atoms with van der Waals surface area (Å²) in [5.74, 6) is 0.195. The molecular formula is C24H30N2O3S. The Morgan fingerprint density at radius 1 is 1.00 bits per heavy atom. The summed E-state index contributed by atoms with van der Waals surface area (Å²) in [5.41, 5.74) is 4.68. The van der Waals surface area contributed by atoms with Crippen LogP contribution in [0.4, 0.5) is 5.69 Å². The second-order valence-electron chi connectivity index (χ2n) is 8.73. The SMILES string of the molecule is CC(C)c1ccc(S(=O)(=O)N2CCC(C(=O)Nc3ccc4c(c3)CCC4)CC2)cc1. The molecule has 0 radical (unpaired) electrons. The van der Waals surface area contributed by atoms with Gasteiger partial charge in [0.25, 0.3) is 0 Å². The number of fused-ring (bicyclic) bond motifs is 1. The molecule has 0 aromatic heterocycles. The van der Waals surface area contributed by atoms with Crippen molar-refractivity contribution in [2.75, 3.05) is 18.4 Å². The van der Waals surface area contributed by atoms with E-state index in [1.165, 1.54) is 21.9 Å². The molecule has 2 aromatic carbocycles. The highest BCUT2D eigenvalue weighted by atomic mass is 32.2. The normalized spacial score (nSPS) is 17.8. The Hall–Kier alpha value is -2.18. The molecule has 4 rings (SSSR count). The van der Waals surface area contributed by atoms with Gasteiger partial charge in [-0.05, 0) is 79.0 Å². The molecule has 160 valence electrons. The van der Waals surface area contributed by atoms with Gasteiger partial charge < -0.3 is 5.32 Å². The lowest BCUT2D eigenvalue weighted by Crippen LogP contribution is -2.41. The molecule has 30 heavy (non-hydrogen) atoms. The van der Waals surface area contributed by atoms with Crippen molar-refractivity contribution in [3.8, 4) is 0 Å². The quantitative estimate of drug-likeness (QED) is 0.773. The van der Waals surface area contributed by atoms with Crippen LogP contribution in [0.1, 0.15) is 55.7 Å². The number of carbonyl (C=O) groups excluding carboxylic acids is 1. The molecule has 1 aliphatic heterocycles. The molecule has 1 fully saturated rings. The number of rotatable bonds is 5. The van der Waals surface area contributed by atoms with Gasteiger partial charge in [0.05, 0.1) is 4.90 Å². The van der Waals surface area contributed by atoms with E-state index in [0.717, 1.165) is 24.1 Å². The summed E-state index contributed by atoms with van der Waals surface area (Å²) < 4.78 is 27.4. The largest absolute Gasteiger partial charge is 0.326 e. The van der Waals surface area contributed by atoms with Crippen molar-refractivity contribution in [3.05, 3.63) is 59.2 Å². The van der Waals surface area contributed by atoms with Crippen molar-refractivity contribution in [2.24, 2.45) is 5.92 Å². The van der Waals surface area contributed by atoms with Crippen molar-refractivity contribution < 1.29 is 13.2 Å². The van der Waals surface area contributed by atoms with Crippen molar-refractivity contribution in [1.29, 1.82) is 0 Å². The molecule has 2 aromatic rings. The molecule has 1 saturated heterocycles. The van der Waals surface area contributed by atoms with Gasteiger partial charge in [0, 0.05) is 24.7 Å².